The highest BCUT2D eigenvalue weighted by Crippen LogP contribution is 2.09. The summed E-state index contributed by atoms with van der Waals surface area (Å²) in [6, 6.07) is 9.83. The molecule has 4 nitrogen and oxygen atoms in total. The molecule has 1 amide bonds. The summed E-state index contributed by atoms with van der Waals surface area (Å²) in [6.45, 7) is 7.22. The Kier molecular flexibility index (Phi) is 5.74. The predicted molar refractivity (Wildman–Crippen MR) is 78.6 cm³/mol. The monoisotopic (exact) mass is 277 g/mol. The van der Waals surface area contributed by atoms with Crippen LogP contribution in [0.5, 0.6) is 0 Å². The average molecular weight is 277 g/mol. The zero-order valence-corrected chi connectivity index (χ0v) is 12.6. The van der Waals surface area contributed by atoms with Gasteiger partial charge in [0.25, 0.3) is 0 Å². The van der Waals surface area contributed by atoms with Crippen LogP contribution in [0.15, 0.2) is 30.3 Å². The molecule has 1 rings (SSSR count). The minimum absolute atomic E-state index is 0.000266. The smallest absolute Gasteiger partial charge is 0.408 e. The number of carbonyl (C=O) groups is 2. The van der Waals surface area contributed by atoms with Crippen molar-refractivity contribution < 1.29 is 14.3 Å². The first-order chi connectivity index (χ1) is 9.28. The summed E-state index contributed by atoms with van der Waals surface area (Å²) in [7, 11) is 0. The lowest BCUT2D eigenvalue weighted by Gasteiger charge is -2.20. The molecule has 1 N–H and O–H groups in total. The molecule has 0 aliphatic carbocycles. The molecule has 0 saturated heterocycles. The van der Waals surface area contributed by atoms with E-state index in [2.05, 4.69) is 5.32 Å². The number of nitrogens with one attached hydrogen (secondary N) is 1. The van der Waals surface area contributed by atoms with Gasteiger partial charge in [-0.25, -0.2) is 4.79 Å². The molecule has 20 heavy (non-hydrogen) atoms. The van der Waals surface area contributed by atoms with Crippen LogP contribution in [-0.2, 0) is 16.0 Å². The lowest BCUT2D eigenvalue weighted by molar-refractivity contribution is -0.121. The van der Waals surface area contributed by atoms with Gasteiger partial charge < -0.3 is 10.1 Å². The summed E-state index contributed by atoms with van der Waals surface area (Å²) in [4.78, 5) is 23.4. The maximum Gasteiger partial charge on any atom is 0.408 e. The number of benzene rings is 1. The van der Waals surface area contributed by atoms with Crippen LogP contribution in [-0.4, -0.2) is 24.0 Å². The molecule has 1 atom stereocenters. The van der Waals surface area contributed by atoms with E-state index in [0.29, 0.717) is 6.42 Å². The van der Waals surface area contributed by atoms with Gasteiger partial charge in [0.2, 0.25) is 0 Å². The fourth-order valence-corrected chi connectivity index (χ4v) is 1.73. The Balaban J connectivity index is 2.37. The predicted octanol–water partition coefficient (Wildman–Crippen LogP) is 2.96. The van der Waals surface area contributed by atoms with E-state index < -0.39 is 11.7 Å². The van der Waals surface area contributed by atoms with Crippen LogP contribution in [0.4, 0.5) is 4.79 Å². The number of hydrogen-bond donors (Lipinski definition) is 1. The minimum atomic E-state index is -0.558. The van der Waals surface area contributed by atoms with Crippen LogP contribution < -0.4 is 5.32 Å². The maximum absolute atomic E-state index is 11.9. The second-order valence-electron chi connectivity index (χ2n) is 5.91. The number of rotatable bonds is 5. The van der Waals surface area contributed by atoms with Crippen molar-refractivity contribution in [2.75, 3.05) is 6.54 Å². The SMILES string of the molecule is C[C@@H](Cc1ccccc1)C(=O)CNC(=O)OC(C)(C)C. The maximum atomic E-state index is 11.9. The molecule has 0 saturated carbocycles. The molecule has 0 radical (unpaired) electrons. The first-order valence-corrected chi connectivity index (χ1v) is 6.81. The van der Waals surface area contributed by atoms with E-state index in [9.17, 15) is 9.59 Å². The first kappa shape index (κ1) is 16.2. The number of alkyl carbamates (subject to hydrolysis) is 1. The topological polar surface area (TPSA) is 55.4 Å². The van der Waals surface area contributed by atoms with Crippen LogP contribution in [0, 0.1) is 5.92 Å². The second-order valence-corrected chi connectivity index (χ2v) is 5.91. The lowest BCUT2D eigenvalue weighted by Crippen LogP contribution is -2.37. The number of ketones is 1. The Hall–Kier alpha value is -1.84. The fraction of sp³-hybridized carbons (Fsp3) is 0.500. The van der Waals surface area contributed by atoms with E-state index in [0.717, 1.165) is 5.56 Å². The van der Waals surface area contributed by atoms with E-state index in [-0.39, 0.29) is 18.2 Å². The van der Waals surface area contributed by atoms with Gasteiger partial charge in [-0.05, 0) is 32.8 Å². The Bertz CT molecular complexity index is 449. The van der Waals surface area contributed by atoms with E-state index in [1.54, 1.807) is 20.8 Å². The van der Waals surface area contributed by atoms with Gasteiger partial charge in [-0.15, -0.1) is 0 Å². The normalized spacial score (nSPS) is 12.6. The van der Waals surface area contributed by atoms with Crippen molar-refractivity contribution >= 4 is 11.9 Å². The Labute approximate surface area is 120 Å². The third-order valence-corrected chi connectivity index (χ3v) is 2.74. The number of ether oxygens (including phenoxy) is 1. The van der Waals surface area contributed by atoms with Gasteiger partial charge >= 0.3 is 6.09 Å². The van der Waals surface area contributed by atoms with Gasteiger partial charge in [-0.2, -0.15) is 0 Å². The first-order valence-electron chi connectivity index (χ1n) is 6.81. The van der Waals surface area contributed by atoms with Gasteiger partial charge in [0, 0.05) is 5.92 Å². The van der Waals surface area contributed by atoms with Gasteiger partial charge in [-0.3, -0.25) is 4.79 Å². The fourth-order valence-electron chi connectivity index (χ4n) is 1.73. The van der Waals surface area contributed by atoms with Crippen molar-refractivity contribution in [2.24, 2.45) is 5.92 Å². The summed E-state index contributed by atoms with van der Waals surface area (Å²) in [6.07, 6.45) is 0.119. The van der Waals surface area contributed by atoms with Gasteiger partial charge in [0.15, 0.2) is 5.78 Å². The molecule has 1 aromatic rings. The number of carbonyl (C=O) groups excluding carboxylic acids is 2. The van der Waals surface area contributed by atoms with Gasteiger partial charge in [0.1, 0.15) is 5.60 Å². The molecular formula is C16H23NO3. The van der Waals surface area contributed by atoms with E-state index in [4.69, 9.17) is 4.74 Å². The molecule has 0 fully saturated rings. The molecule has 110 valence electrons. The molecule has 0 aliphatic heterocycles. The summed E-state index contributed by atoms with van der Waals surface area (Å²) >= 11 is 0. The molecule has 0 bridgehead atoms. The van der Waals surface area contributed by atoms with Gasteiger partial charge in [-0.1, -0.05) is 37.3 Å². The average Bonchev–Trinajstić information content (AvgIpc) is 2.35. The van der Waals surface area contributed by atoms with Crippen molar-refractivity contribution in [3.8, 4) is 0 Å². The van der Waals surface area contributed by atoms with Gasteiger partial charge in [0.05, 0.1) is 6.54 Å². The largest absolute Gasteiger partial charge is 0.444 e. The summed E-state index contributed by atoms with van der Waals surface area (Å²) in [5.41, 5.74) is 0.564. The number of hydrogen-bond acceptors (Lipinski definition) is 3. The zero-order valence-electron chi connectivity index (χ0n) is 12.6. The second kappa shape index (κ2) is 7.08. The molecule has 0 heterocycles. The van der Waals surface area contributed by atoms with E-state index in [1.165, 1.54) is 0 Å². The third-order valence-electron chi connectivity index (χ3n) is 2.74. The number of amides is 1. The van der Waals surface area contributed by atoms with Crippen molar-refractivity contribution in [1.29, 1.82) is 0 Å². The van der Waals surface area contributed by atoms with Crippen molar-refractivity contribution in [3.05, 3.63) is 35.9 Å². The van der Waals surface area contributed by atoms with Crippen molar-refractivity contribution in [3.63, 3.8) is 0 Å². The van der Waals surface area contributed by atoms with Crippen LogP contribution in [0.2, 0.25) is 0 Å². The highest BCUT2D eigenvalue weighted by Gasteiger charge is 2.18. The Morgan fingerprint density at radius 3 is 2.35 bits per heavy atom. The standard InChI is InChI=1S/C16H23NO3/c1-12(10-13-8-6-5-7-9-13)14(18)11-17-15(19)20-16(2,3)4/h5-9,12H,10-11H2,1-4H3,(H,17,19)/t12-/m0/s1. The summed E-state index contributed by atoms with van der Waals surface area (Å²) < 4.78 is 5.08. The van der Waals surface area contributed by atoms with Crippen molar-refractivity contribution in [2.45, 2.75) is 39.7 Å². The molecule has 1 aromatic carbocycles. The zero-order chi connectivity index (χ0) is 15.2. The lowest BCUT2D eigenvalue weighted by atomic mass is 9.97. The molecule has 4 heteroatoms. The van der Waals surface area contributed by atoms with Crippen molar-refractivity contribution in [1.82, 2.24) is 5.32 Å². The number of Topliss-reactive ketones (excluding diaryl/α,β-unsaturated/α-hetero) is 1. The molecule has 0 spiro atoms. The van der Waals surface area contributed by atoms with E-state index in [1.807, 2.05) is 37.3 Å². The minimum Gasteiger partial charge on any atom is -0.444 e. The molecule has 0 unspecified atom stereocenters. The van der Waals surface area contributed by atoms with Crippen LogP contribution >= 0.6 is 0 Å². The van der Waals surface area contributed by atoms with E-state index >= 15 is 0 Å². The molecule has 0 aliphatic rings. The highest BCUT2D eigenvalue weighted by atomic mass is 16.6. The quantitative estimate of drug-likeness (QED) is 0.900. The Morgan fingerprint density at radius 2 is 1.80 bits per heavy atom. The molecule has 0 aromatic heterocycles. The molecular weight excluding hydrogens is 254 g/mol. The van der Waals surface area contributed by atoms with Crippen LogP contribution in [0.25, 0.3) is 0 Å². The summed E-state index contributed by atoms with van der Waals surface area (Å²) in [5, 5.41) is 2.49. The van der Waals surface area contributed by atoms with Crippen LogP contribution in [0.1, 0.15) is 33.3 Å². The summed E-state index contributed by atoms with van der Waals surface area (Å²) in [5.74, 6) is -0.132. The van der Waals surface area contributed by atoms with Crippen LogP contribution in [0.3, 0.4) is 0 Å². The Morgan fingerprint density at radius 1 is 1.20 bits per heavy atom. The third kappa shape index (κ3) is 6.36. The highest BCUT2D eigenvalue weighted by molar-refractivity contribution is 5.85.